The molecular weight excluding hydrogens is 110 g/mol. The Bertz CT molecular complexity index is 108. The molecule has 0 aliphatic rings. The SMILES string of the molecule is NC(=O)C([NH3+])C(N)=O. The molecule has 0 heterocycles. The Kier molecular flexibility index (Phi) is 1.96. The average molecular weight is 118 g/mol. The van der Waals surface area contributed by atoms with Crippen molar-refractivity contribution in [2.75, 3.05) is 0 Å². The maximum absolute atomic E-state index is 10.00. The van der Waals surface area contributed by atoms with E-state index in [1.165, 1.54) is 0 Å². The minimum absolute atomic E-state index is 0.794. The predicted molar refractivity (Wildman–Crippen MR) is 25.1 cm³/mol. The van der Waals surface area contributed by atoms with Gasteiger partial charge in [-0.15, -0.1) is 0 Å². The van der Waals surface area contributed by atoms with Crippen LogP contribution in [-0.2, 0) is 9.59 Å². The highest BCUT2D eigenvalue weighted by molar-refractivity contribution is 6.00. The van der Waals surface area contributed by atoms with E-state index >= 15 is 0 Å². The van der Waals surface area contributed by atoms with E-state index in [2.05, 4.69) is 17.2 Å². The third kappa shape index (κ3) is 1.57. The van der Waals surface area contributed by atoms with E-state index in [1.54, 1.807) is 0 Å². The van der Waals surface area contributed by atoms with Crippen LogP contribution in [0.3, 0.4) is 0 Å². The monoisotopic (exact) mass is 118 g/mol. The molecule has 0 bridgehead atoms. The van der Waals surface area contributed by atoms with Crippen LogP contribution in [0.2, 0.25) is 0 Å². The molecule has 46 valence electrons. The number of carbonyl (C=O) groups is 2. The topological polar surface area (TPSA) is 114 Å². The second-order valence-corrected chi connectivity index (χ2v) is 1.36. The van der Waals surface area contributed by atoms with Gasteiger partial charge in [0.2, 0.25) is 6.04 Å². The number of hydrogen-bond acceptors (Lipinski definition) is 2. The zero-order valence-electron chi connectivity index (χ0n) is 4.26. The Morgan fingerprint density at radius 1 is 1.25 bits per heavy atom. The van der Waals surface area contributed by atoms with Crippen molar-refractivity contribution in [3.8, 4) is 0 Å². The van der Waals surface area contributed by atoms with Gasteiger partial charge in [-0.2, -0.15) is 0 Å². The first kappa shape index (κ1) is 6.90. The highest BCUT2D eigenvalue weighted by Gasteiger charge is 2.18. The summed E-state index contributed by atoms with van der Waals surface area (Å²) >= 11 is 0. The van der Waals surface area contributed by atoms with E-state index in [1.807, 2.05) is 0 Å². The Balaban J connectivity index is 3.83. The lowest BCUT2D eigenvalue weighted by molar-refractivity contribution is -0.387. The number of rotatable bonds is 2. The van der Waals surface area contributed by atoms with Crippen molar-refractivity contribution in [2.24, 2.45) is 11.5 Å². The van der Waals surface area contributed by atoms with Gasteiger partial charge in [-0.3, -0.25) is 9.59 Å². The summed E-state index contributed by atoms with van der Waals surface area (Å²) in [5.41, 5.74) is 12.4. The fourth-order valence-corrected chi connectivity index (χ4v) is 0.140. The van der Waals surface area contributed by atoms with E-state index in [4.69, 9.17) is 0 Å². The Morgan fingerprint density at radius 3 is 1.50 bits per heavy atom. The maximum Gasteiger partial charge on any atom is 0.285 e. The standard InChI is InChI=1S/C3H7N3O2/c4-1(2(5)7)3(6)8/h1H,4H2,(H2,5,7)(H2,6,8)/p+1. The molecule has 0 unspecified atom stereocenters. The molecule has 0 rings (SSSR count). The second-order valence-electron chi connectivity index (χ2n) is 1.36. The molecule has 0 fully saturated rings. The largest absolute Gasteiger partial charge is 0.364 e. The van der Waals surface area contributed by atoms with Gasteiger partial charge in [-0.05, 0) is 0 Å². The fourth-order valence-electron chi connectivity index (χ4n) is 0.140. The summed E-state index contributed by atoms with van der Waals surface area (Å²) in [6.07, 6.45) is 0. The van der Waals surface area contributed by atoms with Crippen LogP contribution >= 0.6 is 0 Å². The fraction of sp³-hybridized carbons (Fsp3) is 0.333. The van der Waals surface area contributed by atoms with Gasteiger partial charge in [0.15, 0.2) is 0 Å². The summed E-state index contributed by atoms with van der Waals surface area (Å²) in [6.45, 7) is 0. The molecule has 5 nitrogen and oxygen atoms in total. The zero-order valence-corrected chi connectivity index (χ0v) is 4.26. The van der Waals surface area contributed by atoms with Gasteiger partial charge in [-0.25, -0.2) is 0 Å². The smallest absolute Gasteiger partial charge is 0.285 e. The van der Waals surface area contributed by atoms with Gasteiger partial charge >= 0.3 is 0 Å². The quantitative estimate of drug-likeness (QED) is 0.327. The first-order valence-electron chi connectivity index (χ1n) is 1.97. The number of amides is 2. The molecule has 2 amide bonds. The molecule has 0 saturated carbocycles. The number of hydrogen-bond donors (Lipinski definition) is 3. The lowest BCUT2D eigenvalue weighted by atomic mass is 10.3. The summed E-state index contributed by atoms with van der Waals surface area (Å²) in [7, 11) is 0. The van der Waals surface area contributed by atoms with Crippen molar-refractivity contribution in [2.45, 2.75) is 6.04 Å². The number of nitrogens with two attached hydrogens (primary N) is 2. The molecule has 5 heteroatoms. The molecule has 7 N–H and O–H groups in total. The molecule has 8 heavy (non-hydrogen) atoms. The van der Waals surface area contributed by atoms with Crippen LogP contribution in [-0.4, -0.2) is 17.9 Å². The third-order valence-corrected chi connectivity index (χ3v) is 0.687. The Hall–Kier alpha value is -1.10. The molecule has 0 radical (unpaired) electrons. The first-order valence-corrected chi connectivity index (χ1v) is 1.97. The van der Waals surface area contributed by atoms with Gasteiger partial charge in [0, 0.05) is 0 Å². The summed E-state index contributed by atoms with van der Waals surface area (Å²) < 4.78 is 0. The highest BCUT2D eigenvalue weighted by atomic mass is 16.2. The van der Waals surface area contributed by atoms with E-state index < -0.39 is 17.9 Å². The molecular formula is C3H8N3O2+. The summed E-state index contributed by atoms with van der Waals surface area (Å²) in [6, 6.07) is -1.10. The van der Waals surface area contributed by atoms with Crippen molar-refractivity contribution < 1.29 is 15.3 Å². The van der Waals surface area contributed by atoms with Gasteiger partial charge in [0.05, 0.1) is 0 Å². The van der Waals surface area contributed by atoms with Crippen LogP contribution in [0.1, 0.15) is 0 Å². The number of quaternary nitrogens is 1. The van der Waals surface area contributed by atoms with Crippen LogP contribution in [0.25, 0.3) is 0 Å². The highest BCUT2D eigenvalue weighted by Crippen LogP contribution is 1.65. The minimum atomic E-state index is -1.10. The van der Waals surface area contributed by atoms with E-state index in [0.717, 1.165) is 0 Å². The first-order chi connectivity index (χ1) is 3.55. The van der Waals surface area contributed by atoms with Crippen LogP contribution in [0.15, 0.2) is 0 Å². The van der Waals surface area contributed by atoms with E-state index in [0.29, 0.717) is 0 Å². The molecule has 0 aromatic carbocycles. The molecule has 0 aromatic heterocycles. The Morgan fingerprint density at radius 2 is 1.50 bits per heavy atom. The Labute approximate surface area is 45.8 Å². The van der Waals surface area contributed by atoms with Crippen molar-refractivity contribution in [3.63, 3.8) is 0 Å². The number of primary amides is 2. The predicted octanol–water partition coefficient (Wildman–Crippen LogP) is -3.43. The van der Waals surface area contributed by atoms with E-state index in [-0.39, 0.29) is 0 Å². The second kappa shape index (κ2) is 2.27. The summed E-state index contributed by atoms with van der Waals surface area (Å²) in [4.78, 5) is 20.0. The third-order valence-electron chi connectivity index (χ3n) is 0.687. The normalized spacial score (nSPS) is 9.25. The van der Waals surface area contributed by atoms with Crippen molar-refractivity contribution in [3.05, 3.63) is 0 Å². The summed E-state index contributed by atoms with van der Waals surface area (Å²) in [5.74, 6) is -1.59. The lowest BCUT2D eigenvalue weighted by Gasteiger charge is -1.94. The van der Waals surface area contributed by atoms with Gasteiger partial charge in [0.25, 0.3) is 11.8 Å². The molecule has 0 saturated heterocycles. The van der Waals surface area contributed by atoms with Gasteiger partial charge < -0.3 is 17.2 Å². The van der Waals surface area contributed by atoms with Crippen molar-refractivity contribution in [1.82, 2.24) is 0 Å². The summed E-state index contributed by atoms with van der Waals surface area (Å²) in [5, 5.41) is 0. The van der Waals surface area contributed by atoms with E-state index in [9.17, 15) is 9.59 Å². The lowest BCUT2D eigenvalue weighted by Crippen LogP contribution is -2.72. The molecule has 0 spiro atoms. The maximum atomic E-state index is 10.00. The van der Waals surface area contributed by atoms with Crippen LogP contribution in [0, 0.1) is 0 Å². The van der Waals surface area contributed by atoms with Gasteiger partial charge in [0.1, 0.15) is 0 Å². The van der Waals surface area contributed by atoms with Crippen molar-refractivity contribution in [1.29, 1.82) is 0 Å². The molecule has 0 aliphatic heterocycles. The van der Waals surface area contributed by atoms with Gasteiger partial charge in [-0.1, -0.05) is 0 Å². The average Bonchev–Trinajstić information content (AvgIpc) is 1.64. The molecule has 0 aliphatic carbocycles. The number of carbonyl (C=O) groups excluding carboxylic acids is 2. The van der Waals surface area contributed by atoms with Crippen LogP contribution < -0.4 is 17.2 Å². The molecule has 0 atom stereocenters. The minimum Gasteiger partial charge on any atom is -0.364 e. The van der Waals surface area contributed by atoms with Crippen LogP contribution in [0.4, 0.5) is 0 Å². The van der Waals surface area contributed by atoms with Crippen molar-refractivity contribution >= 4 is 11.8 Å². The zero-order chi connectivity index (χ0) is 6.73. The van der Waals surface area contributed by atoms with Crippen LogP contribution in [0.5, 0.6) is 0 Å². The molecule has 0 aromatic rings.